The largest absolute Gasteiger partial charge is 0.372 e. The van der Waals surface area contributed by atoms with Crippen LogP contribution in [0.25, 0.3) is 0 Å². The highest BCUT2D eigenvalue weighted by Crippen LogP contribution is 2.20. The van der Waals surface area contributed by atoms with Crippen LogP contribution in [0.15, 0.2) is 53.8 Å². The zero-order chi connectivity index (χ0) is 15.9. The monoisotopic (exact) mass is 308 g/mol. The Hall–Kier alpha value is -2.36. The minimum atomic E-state index is 0.757. The van der Waals surface area contributed by atoms with Gasteiger partial charge in [0.2, 0.25) is 0 Å². The highest BCUT2D eigenvalue weighted by molar-refractivity contribution is 5.99. The lowest BCUT2D eigenvalue weighted by molar-refractivity contribution is 0.726. The van der Waals surface area contributed by atoms with Gasteiger partial charge in [-0.2, -0.15) is 5.10 Å². The number of anilines is 2. The van der Waals surface area contributed by atoms with Crippen molar-refractivity contribution in [2.24, 2.45) is 5.10 Å². The van der Waals surface area contributed by atoms with Crippen molar-refractivity contribution in [3.8, 4) is 0 Å². The molecule has 0 unspecified atom stereocenters. The number of hydrazone groups is 1. The second-order valence-corrected chi connectivity index (χ2v) is 5.97. The number of pyridine rings is 1. The van der Waals surface area contributed by atoms with Crippen LogP contribution in [-0.4, -0.2) is 23.8 Å². The Bertz CT molecular complexity index is 626. The molecule has 1 aromatic carbocycles. The Morgan fingerprint density at radius 3 is 2.39 bits per heavy atom. The maximum absolute atomic E-state index is 4.41. The van der Waals surface area contributed by atoms with E-state index < -0.39 is 0 Å². The molecule has 1 fully saturated rings. The highest BCUT2D eigenvalue weighted by atomic mass is 15.3. The molecule has 4 nitrogen and oxygen atoms in total. The maximum atomic E-state index is 4.41. The standard InChI is InChI=1S/C19H24N4/c1-16(21-22-19-8-4-5-13-20-19)17-9-11-18(12-10-17)23-14-6-2-3-7-15-23/h4-5,8-13H,2-3,6-7,14-15H2,1H3,(H,20,22)/b21-16-. The van der Waals surface area contributed by atoms with Crippen LogP contribution >= 0.6 is 0 Å². The van der Waals surface area contributed by atoms with Gasteiger partial charge in [0.1, 0.15) is 5.82 Å². The van der Waals surface area contributed by atoms with E-state index in [1.165, 1.54) is 44.5 Å². The SMILES string of the molecule is C/C(=N/Nc1ccccn1)c1ccc(N2CCCCCC2)cc1. The minimum Gasteiger partial charge on any atom is -0.372 e. The third-order valence-corrected chi connectivity index (χ3v) is 4.26. The van der Waals surface area contributed by atoms with E-state index in [1.807, 2.05) is 25.1 Å². The molecule has 1 aliphatic rings. The van der Waals surface area contributed by atoms with Gasteiger partial charge in [-0.25, -0.2) is 4.98 Å². The van der Waals surface area contributed by atoms with Crippen LogP contribution in [0.1, 0.15) is 38.2 Å². The van der Waals surface area contributed by atoms with E-state index in [4.69, 9.17) is 0 Å². The van der Waals surface area contributed by atoms with E-state index in [0.717, 1.165) is 17.1 Å². The predicted molar refractivity (Wildman–Crippen MR) is 97.2 cm³/mol. The molecule has 2 aromatic rings. The summed E-state index contributed by atoms with van der Waals surface area (Å²) < 4.78 is 0. The van der Waals surface area contributed by atoms with Crippen LogP contribution in [0.2, 0.25) is 0 Å². The van der Waals surface area contributed by atoms with Crippen molar-refractivity contribution in [2.75, 3.05) is 23.4 Å². The molecule has 23 heavy (non-hydrogen) atoms. The van der Waals surface area contributed by atoms with Gasteiger partial charge in [0, 0.05) is 25.0 Å². The summed E-state index contributed by atoms with van der Waals surface area (Å²) in [7, 11) is 0. The minimum absolute atomic E-state index is 0.757. The summed E-state index contributed by atoms with van der Waals surface area (Å²) in [5.41, 5.74) is 6.40. The van der Waals surface area contributed by atoms with Gasteiger partial charge in [0.25, 0.3) is 0 Å². The Labute approximate surface area is 138 Å². The molecule has 0 aliphatic carbocycles. The van der Waals surface area contributed by atoms with Crippen LogP contribution in [0.4, 0.5) is 11.5 Å². The van der Waals surface area contributed by atoms with Crippen molar-refractivity contribution in [1.29, 1.82) is 0 Å². The molecule has 0 saturated carbocycles. The van der Waals surface area contributed by atoms with Crippen molar-refractivity contribution in [1.82, 2.24) is 4.98 Å². The van der Waals surface area contributed by atoms with Gasteiger partial charge >= 0.3 is 0 Å². The fraction of sp³-hybridized carbons (Fsp3) is 0.368. The number of aromatic nitrogens is 1. The summed E-state index contributed by atoms with van der Waals surface area (Å²) in [6.45, 7) is 4.36. The Morgan fingerprint density at radius 2 is 1.74 bits per heavy atom. The van der Waals surface area contributed by atoms with E-state index in [1.54, 1.807) is 6.20 Å². The van der Waals surface area contributed by atoms with Crippen LogP contribution in [0, 0.1) is 0 Å². The van der Waals surface area contributed by atoms with Gasteiger partial charge in [0.05, 0.1) is 5.71 Å². The topological polar surface area (TPSA) is 40.5 Å². The van der Waals surface area contributed by atoms with Crippen molar-refractivity contribution < 1.29 is 0 Å². The Balaban J connectivity index is 1.66. The van der Waals surface area contributed by atoms with E-state index in [0.29, 0.717) is 0 Å². The quantitative estimate of drug-likeness (QED) is 0.676. The first-order valence-electron chi connectivity index (χ1n) is 8.40. The van der Waals surface area contributed by atoms with E-state index in [-0.39, 0.29) is 0 Å². The van der Waals surface area contributed by atoms with Crippen molar-refractivity contribution >= 4 is 17.2 Å². The molecule has 1 aliphatic heterocycles. The van der Waals surface area contributed by atoms with E-state index in [9.17, 15) is 0 Å². The summed E-state index contributed by atoms with van der Waals surface area (Å²) in [6, 6.07) is 14.5. The first-order chi connectivity index (χ1) is 11.3. The van der Waals surface area contributed by atoms with Gasteiger partial charge in [-0.15, -0.1) is 0 Å². The van der Waals surface area contributed by atoms with Gasteiger partial charge < -0.3 is 4.90 Å². The van der Waals surface area contributed by atoms with E-state index >= 15 is 0 Å². The Morgan fingerprint density at radius 1 is 1.00 bits per heavy atom. The van der Waals surface area contributed by atoms with Crippen molar-refractivity contribution in [2.45, 2.75) is 32.6 Å². The lowest BCUT2D eigenvalue weighted by Crippen LogP contribution is -2.23. The zero-order valence-electron chi connectivity index (χ0n) is 13.7. The fourth-order valence-corrected chi connectivity index (χ4v) is 2.88. The van der Waals surface area contributed by atoms with Gasteiger partial charge in [-0.1, -0.05) is 31.0 Å². The average Bonchev–Trinajstić information content (AvgIpc) is 2.90. The molecule has 0 radical (unpaired) electrons. The molecule has 1 saturated heterocycles. The third kappa shape index (κ3) is 4.31. The number of hydrogen-bond acceptors (Lipinski definition) is 4. The van der Waals surface area contributed by atoms with Gasteiger partial charge in [-0.3, -0.25) is 5.43 Å². The van der Waals surface area contributed by atoms with Crippen LogP contribution in [0.5, 0.6) is 0 Å². The molecule has 0 bridgehead atoms. The second kappa shape index (κ2) is 7.77. The molecule has 120 valence electrons. The van der Waals surface area contributed by atoms with Gasteiger partial charge in [-0.05, 0) is 49.6 Å². The summed E-state index contributed by atoms with van der Waals surface area (Å²) in [6.07, 6.45) is 7.08. The van der Waals surface area contributed by atoms with Gasteiger partial charge in [0.15, 0.2) is 0 Å². The molecule has 1 N–H and O–H groups in total. The Kier molecular flexibility index (Phi) is 5.25. The number of benzene rings is 1. The molecule has 0 amide bonds. The first-order valence-corrected chi connectivity index (χ1v) is 8.40. The van der Waals surface area contributed by atoms with Crippen molar-refractivity contribution in [3.05, 3.63) is 54.2 Å². The summed E-state index contributed by atoms with van der Waals surface area (Å²) in [4.78, 5) is 6.70. The van der Waals surface area contributed by atoms with Crippen molar-refractivity contribution in [3.63, 3.8) is 0 Å². The smallest absolute Gasteiger partial charge is 0.146 e. The molecule has 3 rings (SSSR count). The number of nitrogens with one attached hydrogen (secondary N) is 1. The second-order valence-electron chi connectivity index (χ2n) is 5.97. The molecule has 0 spiro atoms. The molecule has 1 aromatic heterocycles. The van der Waals surface area contributed by atoms with Crippen LogP contribution < -0.4 is 10.3 Å². The average molecular weight is 308 g/mol. The lowest BCUT2D eigenvalue weighted by Gasteiger charge is -2.22. The summed E-state index contributed by atoms with van der Waals surface area (Å²) >= 11 is 0. The zero-order valence-corrected chi connectivity index (χ0v) is 13.7. The predicted octanol–water partition coefficient (Wildman–Crippen LogP) is 4.30. The lowest BCUT2D eigenvalue weighted by atomic mass is 10.1. The molecule has 0 atom stereocenters. The number of nitrogens with zero attached hydrogens (tertiary/aromatic N) is 3. The molecular weight excluding hydrogens is 284 g/mol. The van der Waals surface area contributed by atoms with Crippen LogP contribution in [0.3, 0.4) is 0 Å². The molecule has 4 heteroatoms. The van der Waals surface area contributed by atoms with E-state index in [2.05, 4.69) is 44.7 Å². The first kappa shape index (κ1) is 15.5. The number of rotatable bonds is 4. The maximum Gasteiger partial charge on any atom is 0.146 e. The van der Waals surface area contributed by atoms with Crippen LogP contribution in [-0.2, 0) is 0 Å². The normalized spacial score (nSPS) is 16.0. The number of hydrogen-bond donors (Lipinski definition) is 1. The molecule has 2 heterocycles. The highest BCUT2D eigenvalue weighted by Gasteiger charge is 2.09. The summed E-state index contributed by atoms with van der Waals surface area (Å²) in [5, 5.41) is 4.41. The fourth-order valence-electron chi connectivity index (χ4n) is 2.88. The third-order valence-electron chi connectivity index (χ3n) is 4.26. The molecular formula is C19H24N4. The summed E-state index contributed by atoms with van der Waals surface area (Å²) in [5.74, 6) is 0.757.